The summed E-state index contributed by atoms with van der Waals surface area (Å²) in [4.78, 5) is 8.19. The van der Waals surface area contributed by atoms with Crippen molar-refractivity contribution < 1.29 is 0 Å². The number of imidazole rings is 1. The molecule has 2 N–H and O–H groups in total. The van der Waals surface area contributed by atoms with Crippen molar-refractivity contribution in [1.82, 2.24) is 15.3 Å². The molecule has 0 unspecified atom stereocenters. The maximum absolute atomic E-state index is 4.74. The summed E-state index contributed by atoms with van der Waals surface area (Å²) in [5.74, 6) is 1.10. The summed E-state index contributed by atoms with van der Waals surface area (Å²) in [6, 6.07) is 10.4. The highest BCUT2D eigenvalue weighted by molar-refractivity contribution is 5.61. The lowest BCUT2D eigenvalue weighted by molar-refractivity contribution is 0.706. The van der Waals surface area contributed by atoms with Gasteiger partial charge in [0, 0.05) is 17.7 Å². The Balaban J connectivity index is 2.19. The zero-order valence-electron chi connectivity index (χ0n) is 11.2. The van der Waals surface area contributed by atoms with E-state index in [2.05, 4.69) is 41.5 Å². The molecule has 0 aliphatic heterocycles. The lowest BCUT2D eigenvalue weighted by Crippen LogP contribution is -2.08. The summed E-state index contributed by atoms with van der Waals surface area (Å²) in [7, 11) is 1.98. The van der Waals surface area contributed by atoms with E-state index < -0.39 is 0 Å². The quantitative estimate of drug-likeness (QED) is 0.766. The van der Waals surface area contributed by atoms with Gasteiger partial charge in [-0.05, 0) is 26.4 Å². The minimum atomic E-state index is 0.989. The average Bonchev–Trinajstić information content (AvgIpc) is 2.83. The first-order valence-electron chi connectivity index (χ1n) is 6.63. The lowest BCUT2D eigenvalue weighted by atomic mass is 10.1. The summed E-state index contributed by atoms with van der Waals surface area (Å²) in [6.45, 7) is 3.19. The number of hydrogen-bond acceptors (Lipinski definition) is 2. The van der Waals surface area contributed by atoms with Gasteiger partial charge in [0.05, 0.1) is 5.69 Å². The van der Waals surface area contributed by atoms with Crippen LogP contribution in [0.15, 0.2) is 30.3 Å². The van der Waals surface area contributed by atoms with E-state index in [1.807, 2.05) is 13.1 Å². The first kappa shape index (κ1) is 12.8. The maximum atomic E-state index is 4.74. The molecule has 0 spiro atoms. The van der Waals surface area contributed by atoms with Crippen LogP contribution in [0, 0.1) is 0 Å². The normalized spacial score (nSPS) is 10.8. The number of benzene rings is 1. The second-order valence-electron chi connectivity index (χ2n) is 4.44. The van der Waals surface area contributed by atoms with Gasteiger partial charge < -0.3 is 10.3 Å². The van der Waals surface area contributed by atoms with Gasteiger partial charge in [-0.3, -0.25) is 0 Å². The van der Waals surface area contributed by atoms with Crippen molar-refractivity contribution in [2.75, 3.05) is 13.6 Å². The molecule has 3 nitrogen and oxygen atoms in total. The molecule has 0 amide bonds. The highest BCUT2D eigenvalue weighted by Crippen LogP contribution is 2.22. The number of rotatable bonds is 6. The van der Waals surface area contributed by atoms with Gasteiger partial charge in [-0.2, -0.15) is 0 Å². The van der Waals surface area contributed by atoms with Crippen molar-refractivity contribution in [3.63, 3.8) is 0 Å². The van der Waals surface area contributed by atoms with E-state index in [0.29, 0.717) is 0 Å². The van der Waals surface area contributed by atoms with Gasteiger partial charge in [0.2, 0.25) is 0 Å². The monoisotopic (exact) mass is 243 g/mol. The van der Waals surface area contributed by atoms with Crippen molar-refractivity contribution in [2.45, 2.75) is 26.2 Å². The minimum absolute atomic E-state index is 0.989. The molecule has 1 aromatic heterocycles. The fourth-order valence-corrected chi connectivity index (χ4v) is 2.11. The third kappa shape index (κ3) is 2.99. The van der Waals surface area contributed by atoms with Crippen LogP contribution in [0.3, 0.4) is 0 Å². The average molecular weight is 243 g/mol. The molecule has 1 aromatic carbocycles. The number of nitrogens with one attached hydrogen (secondary N) is 2. The zero-order valence-corrected chi connectivity index (χ0v) is 11.2. The van der Waals surface area contributed by atoms with Gasteiger partial charge in [0.25, 0.3) is 0 Å². The van der Waals surface area contributed by atoms with E-state index >= 15 is 0 Å². The second kappa shape index (κ2) is 6.36. The van der Waals surface area contributed by atoms with E-state index in [0.717, 1.165) is 37.3 Å². The molecule has 2 rings (SSSR count). The van der Waals surface area contributed by atoms with Crippen molar-refractivity contribution >= 4 is 0 Å². The van der Waals surface area contributed by atoms with Crippen LogP contribution in [0.2, 0.25) is 0 Å². The number of aryl methyl sites for hydroxylation is 2. The Morgan fingerprint density at radius 2 is 2.00 bits per heavy atom. The van der Waals surface area contributed by atoms with E-state index in [1.54, 1.807) is 0 Å². The molecular weight excluding hydrogens is 222 g/mol. The zero-order chi connectivity index (χ0) is 12.8. The summed E-state index contributed by atoms with van der Waals surface area (Å²) in [5, 5.41) is 3.16. The standard InChI is InChI=1S/C15H21N3/c1-3-13-15(12-8-5-4-6-9-12)18-14(17-13)10-7-11-16-2/h4-6,8-9,16H,3,7,10-11H2,1-2H3,(H,17,18). The molecule has 0 aliphatic rings. The lowest BCUT2D eigenvalue weighted by Gasteiger charge is -1.98. The van der Waals surface area contributed by atoms with Crippen molar-refractivity contribution in [2.24, 2.45) is 0 Å². The van der Waals surface area contributed by atoms with E-state index in [-0.39, 0.29) is 0 Å². The van der Waals surface area contributed by atoms with Gasteiger partial charge in [0.15, 0.2) is 0 Å². The van der Waals surface area contributed by atoms with Gasteiger partial charge in [0.1, 0.15) is 5.82 Å². The Morgan fingerprint density at radius 3 is 2.67 bits per heavy atom. The molecule has 0 fully saturated rings. The third-order valence-electron chi connectivity index (χ3n) is 3.07. The summed E-state index contributed by atoms with van der Waals surface area (Å²) in [5.41, 5.74) is 3.55. The molecule has 0 aliphatic carbocycles. The molecule has 0 bridgehead atoms. The number of aromatic amines is 1. The SMILES string of the molecule is CCc1[nH]c(CCCNC)nc1-c1ccccc1. The highest BCUT2D eigenvalue weighted by atomic mass is 14.9. The van der Waals surface area contributed by atoms with Crippen LogP contribution in [0.1, 0.15) is 24.9 Å². The van der Waals surface area contributed by atoms with Gasteiger partial charge in [-0.15, -0.1) is 0 Å². The molecule has 2 aromatic rings. The summed E-state index contributed by atoms with van der Waals surface area (Å²) >= 11 is 0. The topological polar surface area (TPSA) is 40.7 Å². The first-order valence-corrected chi connectivity index (χ1v) is 6.63. The highest BCUT2D eigenvalue weighted by Gasteiger charge is 2.10. The molecular formula is C15H21N3. The van der Waals surface area contributed by atoms with Crippen molar-refractivity contribution in [1.29, 1.82) is 0 Å². The van der Waals surface area contributed by atoms with Crippen LogP contribution >= 0.6 is 0 Å². The third-order valence-corrected chi connectivity index (χ3v) is 3.07. The molecule has 0 atom stereocenters. The van der Waals surface area contributed by atoms with Crippen LogP contribution in [-0.4, -0.2) is 23.6 Å². The Labute approximate surface area is 109 Å². The molecule has 0 saturated carbocycles. The minimum Gasteiger partial charge on any atom is -0.345 e. The van der Waals surface area contributed by atoms with Crippen LogP contribution < -0.4 is 5.32 Å². The second-order valence-corrected chi connectivity index (χ2v) is 4.44. The summed E-state index contributed by atoms with van der Waals surface area (Å²) in [6.07, 6.45) is 3.10. The Hall–Kier alpha value is -1.61. The van der Waals surface area contributed by atoms with E-state index in [1.165, 1.54) is 11.3 Å². The van der Waals surface area contributed by atoms with Crippen LogP contribution in [0.4, 0.5) is 0 Å². The van der Waals surface area contributed by atoms with E-state index in [4.69, 9.17) is 4.98 Å². The number of aromatic nitrogens is 2. The Morgan fingerprint density at radius 1 is 1.22 bits per heavy atom. The Kier molecular flexibility index (Phi) is 4.53. The fourth-order valence-electron chi connectivity index (χ4n) is 2.11. The predicted molar refractivity (Wildman–Crippen MR) is 75.6 cm³/mol. The molecule has 0 saturated heterocycles. The number of nitrogens with zero attached hydrogens (tertiary/aromatic N) is 1. The number of H-pyrrole nitrogens is 1. The van der Waals surface area contributed by atoms with Gasteiger partial charge in [-0.1, -0.05) is 37.3 Å². The molecule has 96 valence electrons. The predicted octanol–water partition coefficient (Wildman–Crippen LogP) is 2.79. The number of hydrogen-bond donors (Lipinski definition) is 2. The first-order chi connectivity index (χ1) is 8.85. The molecule has 18 heavy (non-hydrogen) atoms. The van der Waals surface area contributed by atoms with E-state index in [9.17, 15) is 0 Å². The maximum Gasteiger partial charge on any atom is 0.107 e. The van der Waals surface area contributed by atoms with Crippen LogP contribution in [0.5, 0.6) is 0 Å². The molecule has 1 heterocycles. The van der Waals surface area contributed by atoms with Crippen LogP contribution in [0.25, 0.3) is 11.3 Å². The smallest absolute Gasteiger partial charge is 0.107 e. The molecule has 0 radical (unpaired) electrons. The van der Waals surface area contributed by atoms with Crippen LogP contribution in [-0.2, 0) is 12.8 Å². The van der Waals surface area contributed by atoms with Crippen molar-refractivity contribution in [3.05, 3.63) is 41.9 Å². The van der Waals surface area contributed by atoms with Gasteiger partial charge in [-0.25, -0.2) is 4.98 Å². The summed E-state index contributed by atoms with van der Waals surface area (Å²) < 4.78 is 0. The largest absolute Gasteiger partial charge is 0.345 e. The molecule has 3 heteroatoms. The fraction of sp³-hybridized carbons (Fsp3) is 0.400. The van der Waals surface area contributed by atoms with Crippen molar-refractivity contribution in [3.8, 4) is 11.3 Å². The van der Waals surface area contributed by atoms with Gasteiger partial charge >= 0.3 is 0 Å². The Bertz CT molecular complexity index is 474.